The Labute approximate surface area is 104 Å². The topological polar surface area (TPSA) is 80.6 Å². The maximum Gasteiger partial charge on any atom is 0.225 e. The van der Waals surface area contributed by atoms with Crippen molar-refractivity contribution in [1.82, 2.24) is 9.88 Å². The number of aromatic hydroxyl groups is 1. The Morgan fingerprint density at radius 3 is 3.11 bits per heavy atom. The number of pyridine rings is 1. The van der Waals surface area contributed by atoms with Gasteiger partial charge in [-0.05, 0) is 6.42 Å². The molecule has 1 atom stereocenters. The van der Waals surface area contributed by atoms with Crippen LogP contribution in [0.4, 0.5) is 0 Å². The van der Waals surface area contributed by atoms with Crippen LogP contribution >= 0.6 is 0 Å². The third kappa shape index (κ3) is 2.70. The highest BCUT2D eigenvalue weighted by molar-refractivity contribution is 5.78. The summed E-state index contributed by atoms with van der Waals surface area (Å²) in [5.74, 6) is -0.455. The molecule has 1 saturated heterocycles. The monoisotopic (exact) mass is 252 g/mol. The lowest BCUT2D eigenvalue weighted by atomic mass is 10.1. The number of ether oxygens (including phenoxy) is 1. The number of aromatic nitrogens is 1. The molecule has 2 heterocycles. The first-order valence-corrected chi connectivity index (χ1v) is 5.82. The molecule has 1 aromatic heterocycles. The standard InChI is InChI=1S/C12H16N2O4/c1-14-6-11(16)10(15)4-9(14)5-13-12(17)8-2-3-18-7-8/h4,6,8,16H,2-3,5,7H2,1H3,(H,13,17). The van der Waals surface area contributed by atoms with Gasteiger partial charge in [0.25, 0.3) is 0 Å². The van der Waals surface area contributed by atoms with Crippen molar-refractivity contribution in [2.45, 2.75) is 13.0 Å². The highest BCUT2D eigenvalue weighted by Gasteiger charge is 2.23. The number of nitrogens with zero attached hydrogens (tertiary/aromatic N) is 1. The summed E-state index contributed by atoms with van der Waals surface area (Å²) < 4.78 is 6.75. The van der Waals surface area contributed by atoms with Crippen LogP contribution in [0, 0.1) is 5.92 Å². The lowest BCUT2D eigenvalue weighted by Gasteiger charge is -2.12. The van der Waals surface area contributed by atoms with Gasteiger partial charge in [-0.3, -0.25) is 9.59 Å². The Kier molecular flexibility index (Phi) is 3.66. The molecule has 1 unspecified atom stereocenters. The Morgan fingerprint density at radius 1 is 1.67 bits per heavy atom. The fourth-order valence-electron chi connectivity index (χ4n) is 1.90. The molecule has 2 rings (SSSR count). The Hall–Kier alpha value is -1.82. The number of aryl methyl sites for hydroxylation is 1. The van der Waals surface area contributed by atoms with Crippen molar-refractivity contribution >= 4 is 5.91 Å². The quantitative estimate of drug-likeness (QED) is 0.777. The lowest BCUT2D eigenvalue weighted by Crippen LogP contribution is -2.31. The minimum Gasteiger partial charge on any atom is -0.503 e. The predicted octanol–water partition coefficient (Wildman–Crippen LogP) is -0.256. The highest BCUT2D eigenvalue weighted by Crippen LogP contribution is 2.12. The van der Waals surface area contributed by atoms with Crippen LogP contribution in [0.1, 0.15) is 12.1 Å². The van der Waals surface area contributed by atoms with Crippen LogP contribution in [-0.4, -0.2) is 28.8 Å². The van der Waals surface area contributed by atoms with Gasteiger partial charge in [0.05, 0.1) is 19.1 Å². The van der Waals surface area contributed by atoms with Crippen molar-refractivity contribution in [2.24, 2.45) is 13.0 Å². The van der Waals surface area contributed by atoms with E-state index in [4.69, 9.17) is 4.74 Å². The van der Waals surface area contributed by atoms with Gasteiger partial charge in [0.1, 0.15) is 0 Å². The van der Waals surface area contributed by atoms with E-state index in [1.54, 1.807) is 11.6 Å². The van der Waals surface area contributed by atoms with Gasteiger partial charge in [-0.15, -0.1) is 0 Å². The summed E-state index contributed by atoms with van der Waals surface area (Å²) in [5, 5.41) is 12.0. The molecule has 18 heavy (non-hydrogen) atoms. The number of hydrogen-bond donors (Lipinski definition) is 2. The fraction of sp³-hybridized carbons (Fsp3) is 0.500. The molecule has 0 spiro atoms. The first-order chi connectivity index (χ1) is 8.58. The van der Waals surface area contributed by atoms with E-state index >= 15 is 0 Å². The number of carbonyl (C=O) groups is 1. The fourth-order valence-corrected chi connectivity index (χ4v) is 1.90. The van der Waals surface area contributed by atoms with E-state index in [1.165, 1.54) is 12.3 Å². The summed E-state index contributed by atoms with van der Waals surface area (Å²) in [6.45, 7) is 1.34. The summed E-state index contributed by atoms with van der Waals surface area (Å²) in [7, 11) is 1.71. The SMILES string of the molecule is Cn1cc(O)c(=O)cc1CNC(=O)C1CCOC1. The number of amides is 1. The van der Waals surface area contributed by atoms with Gasteiger partial charge in [0.15, 0.2) is 5.75 Å². The zero-order valence-electron chi connectivity index (χ0n) is 10.2. The van der Waals surface area contributed by atoms with Gasteiger partial charge in [-0.25, -0.2) is 0 Å². The van der Waals surface area contributed by atoms with E-state index in [2.05, 4.69) is 5.32 Å². The number of nitrogens with one attached hydrogen (secondary N) is 1. The van der Waals surface area contributed by atoms with E-state index < -0.39 is 5.43 Å². The molecule has 1 aromatic rings. The second-order valence-electron chi connectivity index (χ2n) is 4.40. The average Bonchev–Trinajstić information content (AvgIpc) is 2.85. The van der Waals surface area contributed by atoms with Crippen molar-refractivity contribution < 1.29 is 14.6 Å². The molecule has 2 N–H and O–H groups in total. The maximum atomic E-state index is 11.8. The zero-order valence-corrected chi connectivity index (χ0v) is 10.2. The van der Waals surface area contributed by atoms with E-state index in [0.717, 1.165) is 6.42 Å². The van der Waals surface area contributed by atoms with Crippen LogP contribution in [0.2, 0.25) is 0 Å². The molecule has 1 amide bonds. The Balaban J connectivity index is 1.99. The van der Waals surface area contributed by atoms with Gasteiger partial charge < -0.3 is 19.7 Å². The van der Waals surface area contributed by atoms with E-state index in [1.807, 2.05) is 0 Å². The van der Waals surface area contributed by atoms with E-state index in [-0.39, 0.29) is 24.1 Å². The van der Waals surface area contributed by atoms with Crippen LogP contribution in [0.25, 0.3) is 0 Å². The molecule has 1 aliphatic heterocycles. The molecule has 0 aromatic carbocycles. The van der Waals surface area contributed by atoms with Crippen LogP contribution in [-0.2, 0) is 23.1 Å². The predicted molar refractivity (Wildman–Crippen MR) is 64.1 cm³/mol. The number of rotatable bonds is 3. The molecule has 0 bridgehead atoms. The molecule has 1 aliphatic rings. The van der Waals surface area contributed by atoms with Crippen LogP contribution < -0.4 is 10.7 Å². The smallest absolute Gasteiger partial charge is 0.225 e. The first-order valence-electron chi connectivity index (χ1n) is 5.82. The summed E-state index contributed by atoms with van der Waals surface area (Å²) in [4.78, 5) is 23.1. The molecule has 1 fully saturated rings. The molecular formula is C12H16N2O4. The van der Waals surface area contributed by atoms with E-state index in [0.29, 0.717) is 18.9 Å². The van der Waals surface area contributed by atoms with Crippen molar-refractivity contribution in [3.8, 4) is 5.75 Å². The normalized spacial score (nSPS) is 18.8. The van der Waals surface area contributed by atoms with Gasteiger partial charge in [0, 0.05) is 31.6 Å². The third-order valence-corrected chi connectivity index (χ3v) is 3.06. The zero-order chi connectivity index (χ0) is 13.1. The van der Waals surface area contributed by atoms with Gasteiger partial charge in [0.2, 0.25) is 11.3 Å². The number of hydrogen-bond acceptors (Lipinski definition) is 4. The maximum absolute atomic E-state index is 11.8. The van der Waals surface area contributed by atoms with Crippen molar-refractivity contribution in [2.75, 3.05) is 13.2 Å². The molecule has 0 aliphatic carbocycles. The minimum absolute atomic E-state index is 0.0620. The van der Waals surface area contributed by atoms with Gasteiger partial charge in [-0.2, -0.15) is 0 Å². The third-order valence-electron chi connectivity index (χ3n) is 3.06. The lowest BCUT2D eigenvalue weighted by molar-refractivity contribution is -0.125. The minimum atomic E-state index is -0.443. The van der Waals surface area contributed by atoms with Gasteiger partial charge in [-0.1, -0.05) is 0 Å². The van der Waals surface area contributed by atoms with Crippen molar-refractivity contribution in [3.05, 3.63) is 28.2 Å². The Bertz CT molecular complexity index is 503. The molecule has 6 nitrogen and oxygen atoms in total. The second-order valence-corrected chi connectivity index (χ2v) is 4.40. The van der Waals surface area contributed by atoms with E-state index in [9.17, 15) is 14.7 Å². The second kappa shape index (κ2) is 5.22. The van der Waals surface area contributed by atoms with Crippen LogP contribution in [0.3, 0.4) is 0 Å². The summed E-state index contributed by atoms with van der Waals surface area (Å²) >= 11 is 0. The first kappa shape index (κ1) is 12.6. The molecular weight excluding hydrogens is 236 g/mol. The molecule has 0 radical (unpaired) electrons. The summed E-state index contributed by atoms with van der Waals surface area (Å²) in [6, 6.07) is 1.32. The van der Waals surface area contributed by atoms with Crippen LogP contribution in [0.15, 0.2) is 17.1 Å². The number of carbonyl (C=O) groups excluding carboxylic acids is 1. The molecule has 98 valence electrons. The highest BCUT2D eigenvalue weighted by atomic mass is 16.5. The summed E-state index contributed by atoms with van der Waals surface area (Å²) in [6.07, 6.45) is 2.07. The molecule has 0 saturated carbocycles. The molecule has 6 heteroatoms. The summed E-state index contributed by atoms with van der Waals surface area (Å²) in [5.41, 5.74) is 0.201. The van der Waals surface area contributed by atoms with Gasteiger partial charge >= 0.3 is 0 Å². The van der Waals surface area contributed by atoms with Crippen LogP contribution in [0.5, 0.6) is 5.75 Å². The largest absolute Gasteiger partial charge is 0.503 e. The average molecular weight is 252 g/mol. The van der Waals surface area contributed by atoms with Crippen molar-refractivity contribution in [3.63, 3.8) is 0 Å². The Morgan fingerprint density at radius 2 is 2.44 bits per heavy atom. The van der Waals surface area contributed by atoms with Crippen molar-refractivity contribution in [1.29, 1.82) is 0 Å².